The highest BCUT2D eigenvalue weighted by Gasteiger charge is 2.35. The third-order valence-corrected chi connectivity index (χ3v) is 13.3. The maximum absolute atomic E-state index is 6.75. The van der Waals surface area contributed by atoms with E-state index in [1.165, 1.54) is 71.6 Å². The first-order valence-corrected chi connectivity index (χ1v) is 20.5. The van der Waals surface area contributed by atoms with Crippen molar-refractivity contribution in [3.8, 4) is 44.5 Å². The lowest BCUT2D eigenvalue weighted by molar-refractivity contribution is 0.635. The molecule has 13 rings (SSSR count). The average Bonchev–Trinajstić information content (AvgIpc) is 3.93. The van der Waals surface area contributed by atoms with Crippen molar-refractivity contribution >= 4 is 76.2 Å². The molecule has 2 heterocycles. The predicted octanol–water partition coefficient (Wildman–Crippen LogP) is 16.3. The van der Waals surface area contributed by atoms with Crippen LogP contribution in [0.2, 0.25) is 0 Å². The molecular formula is C57H36O2. The molecule has 1 aliphatic rings. The molecule has 0 fully saturated rings. The van der Waals surface area contributed by atoms with E-state index < -0.39 is 0 Å². The fourth-order valence-electron chi connectivity index (χ4n) is 10.5. The molecule has 59 heavy (non-hydrogen) atoms. The van der Waals surface area contributed by atoms with Crippen molar-refractivity contribution in [2.24, 2.45) is 0 Å². The zero-order valence-electron chi connectivity index (χ0n) is 32.6. The van der Waals surface area contributed by atoms with Gasteiger partial charge in [0.25, 0.3) is 0 Å². The highest BCUT2D eigenvalue weighted by molar-refractivity contribution is 6.25. The van der Waals surface area contributed by atoms with Crippen molar-refractivity contribution in [3.63, 3.8) is 0 Å². The van der Waals surface area contributed by atoms with Crippen molar-refractivity contribution in [1.82, 2.24) is 0 Å². The Morgan fingerprint density at radius 3 is 1.51 bits per heavy atom. The molecule has 0 spiro atoms. The molecule has 2 nitrogen and oxygen atoms in total. The van der Waals surface area contributed by atoms with Gasteiger partial charge in [0.15, 0.2) is 11.2 Å². The average molecular weight is 753 g/mol. The van der Waals surface area contributed by atoms with Crippen molar-refractivity contribution in [2.75, 3.05) is 0 Å². The van der Waals surface area contributed by atoms with Crippen molar-refractivity contribution in [1.29, 1.82) is 0 Å². The van der Waals surface area contributed by atoms with Crippen LogP contribution < -0.4 is 0 Å². The second-order valence-electron chi connectivity index (χ2n) is 16.7. The van der Waals surface area contributed by atoms with E-state index in [1.54, 1.807) is 0 Å². The van der Waals surface area contributed by atoms with E-state index in [0.717, 1.165) is 60.2 Å². The SMILES string of the molecule is CC1(C)c2ccccc2-c2cc(-c3c4ccccc4c(-c4ccc(-c5cc6c7ccc8c9ccccc9oc8c7oc6c6ccccc56)cc4)c4ccccc34)ccc21. The summed E-state index contributed by atoms with van der Waals surface area (Å²) >= 11 is 0. The summed E-state index contributed by atoms with van der Waals surface area (Å²) in [5.41, 5.74) is 16.1. The number of hydrogen-bond acceptors (Lipinski definition) is 2. The van der Waals surface area contributed by atoms with E-state index >= 15 is 0 Å². The predicted molar refractivity (Wildman–Crippen MR) is 247 cm³/mol. The van der Waals surface area contributed by atoms with Crippen LogP contribution in [0.4, 0.5) is 0 Å². The quantitative estimate of drug-likeness (QED) is 0.168. The maximum atomic E-state index is 6.75. The molecule has 0 aliphatic heterocycles. The van der Waals surface area contributed by atoms with Crippen LogP contribution >= 0.6 is 0 Å². The summed E-state index contributed by atoms with van der Waals surface area (Å²) in [6.07, 6.45) is 0. The summed E-state index contributed by atoms with van der Waals surface area (Å²) in [7, 11) is 0. The number of fused-ring (bicyclic) bond motifs is 14. The number of hydrogen-bond donors (Lipinski definition) is 0. The van der Waals surface area contributed by atoms with Gasteiger partial charge in [-0.2, -0.15) is 0 Å². The van der Waals surface area contributed by atoms with E-state index in [2.05, 4.69) is 184 Å². The zero-order valence-corrected chi connectivity index (χ0v) is 32.6. The molecule has 0 bridgehead atoms. The molecule has 0 N–H and O–H groups in total. The van der Waals surface area contributed by atoms with E-state index in [9.17, 15) is 0 Å². The summed E-state index contributed by atoms with van der Waals surface area (Å²) in [5, 5.41) is 11.6. The lowest BCUT2D eigenvalue weighted by Gasteiger charge is -2.22. The smallest absolute Gasteiger partial charge is 0.178 e. The molecule has 0 atom stereocenters. The lowest BCUT2D eigenvalue weighted by Crippen LogP contribution is -2.14. The molecule has 2 aromatic heterocycles. The summed E-state index contributed by atoms with van der Waals surface area (Å²) in [4.78, 5) is 0. The Kier molecular flexibility index (Phi) is 6.54. The maximum Gasteiger partial charge on any atom is 0.178 e. The third-order valence-electron chi connectivity index (χ3n) is 13.3. The highest BCUT2D eigenvalue weighted by atomic mass is 16.4. The van der Waals surface area contributed by atoms with Crippen molar-refractivity contribution < 1.29 is 8.83 Å². The van der Waals surface area contributed by atoms with Gasteiger partial charge in [-0.05, 0) is 113 Å². The van der Waals surface area contributed by atoms with Crippen LogP contribution in [0.1, 0.15) is 25.0 Å². The Balaban J connectivity index is 0.985. The first-order chi connectivity index (χ1) is 29.0. The Morgan fingerprint density at radius 1 is 0.305 bits per heavy atom. The second-order valence-corrected chi connectivity index (χ2v) is 16.7. The van der Waals surface area contributed by atoms with Gasteiger partial charge in [-0.15, -0.1) is 0 Å². The van der Waals surface area contributed by atoms with Crippen LogP contribution in [0, 0.1) is 0 Å². The molecule has 10 aromatic carbocycles. The summed E-state index contributed by atoms with van der Waals surface area (Å²) in [5.74, 6) is 0. The van der Waals surface area contributed by atoms with Crippen molar-refractivity contribution in [3.05, 3.63) is 193 Å². The Labute approximate surface area is 340 Å². The van der Waals surface area contributed by atoms with Gasteiger partial charge in [0.2, 0.25) is 0 Å². The molecule has 0 unspecified atom stereocenters. The molecule has 0 radical (unpaired) electrons. The topological polar surface area (TPSA) is 26.3 Å². The third kappa shape index (κ3) is 4.46. The van der Waals surface area contributed by atoms with Gasteiger partial charge in [0, 0.05) is 32.3 Å². The molecule has 276 valence electrons. The fraction of sp³-hybridized carbons (Fsp3) is 0.0526. The molecule has 0 saturated heterocycles. The van der Waals surface area contributed by atoms with Crippen LogP contribution in [-0.4, -0.2) is 0 Å². The Bertz CT molecular complexity index is 3690. The normalized spacial score (nSPS) is 13.4. The standard InChI is InChI=1S/C57H36O2/c1-57(2)49-21-11-9-14-37(49)47-31-35(27-30-50(47)57)53-41-18-6-4-16-39(41)52(40-17-5-7-19-42(40)53)34-25-23-33(24-26-34)46-32-48-45-29-28-44-38-15-10-12-22-51(38)58-55(44)56(45)59-54(48)43-20-8-3-13-36(43)46/h3-32H,1-2H3. The first-order valence-electron chi connectivity index (χ1n) is 20.5. The van der Waals surface area contributed by atoms with E-state index in [-0.39, 0.29) is 5.41 Å². The van der Waals surface area contributed by atoms with Gasteiger partial charge in [0.1, 0.15) is 11.2 Å². The largest absolute Gasteiger partial charge is 0.452 e. The van der Waals surface area contributed by atoms with Gasteiger partial charge < -0.3 is 8.83 Å². The van der Waals surface area contributed by atoms with Crippen LogP contribution in [0.3, 0.4) is 0 Å². The van der Waals surface area contributed by atoms with Gasteiger partial charge in [-0.1, -0.05) is 166 Å². The monoisotopic (exact) mass is 752 g/mol. The molecule has 0 amide bonds. The van der Waals surface area contributed by atoms with Crippen LogP contribution in [0.25, 0.3) is 121 Å². The molecule has 1 aliphatic carbocycles. The van der Waals surface area contributed by atoms with E-state index in [4.69, 9.17) is 8.83 Å². The minimum atomic E-state index is -0.0306. The van der Waals surface area contributed by atoms with E-state index in [0.29, 0.717) is 0 Å². The minimum Gasteiger partial charge on any atom is -0.452 e. The van der Waals surface area contributed by atoms with Gasteiger partial charge in [-0.25, -0.2) is 0 Å². The summed E-state index contributed by atoms with van der Waals surface area (Å²) in [6, 6.07) is 66.6. The first kappa shape index (κ1) is 32.6. The Morgan fingerprint density at radius 2 is 0.797 bits per heavy atom. The summed E-state index contributed by atoms with van der Waals surface area (Å²) in [6.45, 7) is 4.70. The molecule has 0 saturated carbocycles. The van der Waals surface area contributed by atoms with Crippen LogP contribution in [-0.2, 0) is 5.41 Å². The lowest BCUT2D eigenvalue weighted by atomic mass is 9.81. The molecule has 12 aromatic rings. The number of furan rings is 2. The highest BCUT2D eigenvalue weighted by Crippen LogP contribution is 2.51. The van der Waals surface area contributed by atoms with Crippen LogP contribution in [0.5, 0.6) is 0 Å². The zero-order chi connectivity index (χ0) is 39.0. The number of para-hydroxylation sites is 1. The molecular weight excluding hydrogens is 717 g/mol. The second kappa shape index (κ2) is 11.8. The molecule has 2 heteroatoms. The van der Waals surface area contributed by atoms with Gasteiger partial charge in [-0.3, -0.25) is 0 Å². The van der Waals surface area contributed by atoms with Crippen molar-refractivity contribution in [2.45, 2.75) is 19.3 Å². The van der Waals surface area contributed by atoms with Gasteiger partial charge >= 0.3 is 0 Å². The minimum absolute atomic E-state index is 0.0306. The summed E-state index contributed by atoms with van der Waals surface area (Å²) < 4.78 is 13.2. The van der Waals surface area contributed by atoms with E-state index in [1.807, 2.05) is 12.1 Å². The number of benzene rings is 10. The van der Waals surface area contributed by atoms with Gasteiger partial charge in [0.05, 0.1) is 0 Å². The fourth-order valence-corrected chi connectivity index (χ4v) is 10.5. The number of rotatable bonds is 3. The Hall–Kier alpha value is -7.42. The van der Waals surface area contributed by atoms with Crippen LogP contribution in [0.15, 0.2) is 191 Å².